The molecule has 0 amide bonds. The highest BCUT2D eigenvalue weighted by molar-refractivity contribution is 7.80. The summed E-state index contributed by atoms with van der Waals surface area (Å²) >= 11 is 4.09. The van der Waals surface area contributed by atoms with Gasteiger partial charge in [0.25, 0.3) is 0 Å². The first-order valence-corrected chi connectivity index (χ1v) is 3.65. The molecule has 1 rings (SSSR count). The van der Waals surface area contributed by atoms with Crippen LogP contribution in [0.3, 0.4) is 0 Å². The lowest BCUT2D eigenvalue weighted by atomic mass is 10.1. The van der Waals surface area contributed by atoms with Crippen LogP contribution in [0.25, 0.3) is 0 Å². The summed E-state index contributed by atoms with van der Waals surface area (Å²) in [5.41, 5.74) is 6.58. The molecule has 0 fully saturated rings. The summed E-state index contributed by atoms with van der Waals surface area (Å²) < 4.78 is 0. The Balaban J connectivity index is 3.23. The Morgan fingerprint density at radius 3 is 2.64 bits per heavy atom. The fourth-order valence-corrected chi connectivity index (χ4v) is 1.05. The molecular weight excluding hydrogens is 158 g/mol. The molecule has 3 heteroatoms. The van der Waals surface area contributed by atoms with E-state index in [1.165, 1.54) is 6.92 Å². The lowest BCUT2D eigenvalue weighted by molar-refractivity contribution is 0.101. The lowest BCUT2D eigenvalue weighted by Crippen LogP contribution is -1.98. The van der Waals surface area contributed by atoms with E-state index in [-0.39, 0.29) is 5.78 Å². The highest BCUT2D eigenvalue weighted by Crippen LogP contribution is 2.16. The second-order valence-electron chi connectivity index (χ2n) is 2.33. The number of nitrogens with two attached hydrogens (primary N) is 1. The van der Waals surface area contributed by atoms with Gasteiger partial charge in [0.2, 0.25) is 0 Å². The van der Waals surface area contributed by atoms with Crippen molar-refractivity contribution in [2.75, 3.05) is 5.73 Å². The van der Waals surface area contributed by atoms with E-state index >= 15 is 0 Å². The van der Waals surface area contributed by atoms with E-state index in [4.69, 9.17) is 5.73 Å². The maximum Gasteiger partial charge on any atom is 0.161 e. The summed E-state index contributed by atoms with van der Waals surface area (Å²) in [7, 11) is 0. The number of benzene rings is 1. The smallest absolute Gasteiger partial charge is 0.161 e. The summed E-state index contributed by atoms with van der Waals surface area (Å²) in [4.78, 5) is 11.7. The Hall–Kier alpha value is -0.960. The van der Waals surface area contributed by atoms with Gasteiger partial charge >= 0.3 is 0 Å². The Morgan fingerprint density at radius 2 is 2.18 bits per heavy atom. The van der Waals surface area contributed by atoms with E-state index in [0.717, 1.165) is 4.90 Å². The van der Waals surface area contributed by atoms with Gasteiger partial charge in [-0.2, -0.15) is 0 Å². The molecule has 0 aliphatic heterocycles. The molecule has 0 aliphatic carbocycles. The van der Waals surface area contributed by atoms with Crippen molar-refractivity contribution in [1.29, 1.82) is 0 Å². The van der Waals surface area contributed by atoms with Gasteiger partial charge in [0, 0.05) is 16.1 Å². The van der Waals surface area contributed by atoms with Crippen LogP contribution in [0.5, 0.6) is 0 Å². The van der Waals surface area contributed by atoms with E-state index < -0.39 is 0 Å². The SMILES string of the molecule is CC(=O)c1cc(S)ccc1N. The van der Waals surface area contributed by atoms with Crippen molar-refractivity contribution in [2.45, 2.75) is 11.8 Å². The summed E-state index contributed by atoms with van der Waals surface area (Å²) in [6.45, 7) is 1.49. The molecule has 0 heterocycles. The first-order chi connectivity index (χ1) is 5.11. The molecule has 0 bridgehead atoms. The molecule has 11 heavy (non-hydrogen) atoms. The number of Topliss-reactive ketones (excluding diaryl/α,β-unsaturated/α-hetero) is 1. The van der Waals surface area contributed by atoms with Gasteiger partial charge < -0.3 is 5.73 Å². The molecule has 58 valence electrons. The first kappa shape index (κ1) is 8.14. The van der Waals surface area contributed by atoms with Crippen molar-refractivity contribution in [3.63, 3.8) is 0 Å². The minimum Gasteiger partial charge on any atom is -0.398 e. The molecular formula is C8H9NOS. The number of hydrogen-bond donors (Lipinski definition) is 2. The van der Waals surface area contributed by atoms with Crippen molar-refractivity contribution in [2.24, 2.45) is 0 Å². The Kier molecular flexibility index (Phi) is 2.19. The number of nitrogen functional groups attached to an aromatic ring is 1. The standard InChI is InChI=1S/C8H9NOS/c1-5(10)7-4-6(11)2-3-8(7)9/h2-4,11H,9H2,1H3. The zero-order valence-electron chi connectivity index (χ0n) is 6.16. The Labute approximate surface area is 70.8 Å². The third kappa shape index (κ3) is 1.74. The van der Waals surface area contributed by atoms with Gasteiger partial charge in [-0.25, -0.2) is 0 Å². The molecule has 0 radical (unpaired) electrons. The number of thiol groups is 1. The Morgan fingerprint density at radius 1 is 1.55 bits per heavy atom. The molecule has 1 aromatic rings. The van der Waals surface area contributed by atoms with Crippen LogP contribution >= 0.6 is 12.6 Å². The largest absolute Gasteiger partial charge is 0.398 e. The van der Waals surface area contributed by atoms with Crippen LogP contribution in [0.1, 0.15) is 17.3 Å². The number of hydrogen-bond acceptors (Lipinski definition) is 3. The van der Waals surface area contributed by atoms with Crippen LogP contribution in [-0.4, -0.2) is 5.78 Å². The maximum atomic E-state index is 10.9. The molecule has 0 spiro atoms. The van der Waals surface area contributed by atoms with Crippen LogP contribution in [0.4, 0.5) is 5.69 Å². The van der Waals surface area contributed by atoms with E-state index in [1.807, 2.05) is 0 Å². The lowest BCUT2D eigenvalue weighted by Gasteiger charge is -2.00. The molecule has 1 aromatic carbocycles. The van der Waals surface area contributed by atoms with E-state index in [1.54, 1.807) is 18.2 Å². The van der Waals surface area contributed by atoms with Gasteiger partial charge in [0.1, 0.15) is 0 Å². The van der Waals surface area contributed by atoms with Crippen LogP contribution in [-0.2, 0) is 0 Å². The number of anilines is 1. The van der Waals surface area contributed by atoms with Crippen LogP contribution in [0.15, 0.2) is 23.1 Å². The van der Waals surface area contributed by atoms with Crippen molar-refractivity contribution < 1.29 is 4.79 Å². The monoisotopic (exact) mass is 167 g/mol. The topological polar surface area (TPSA) is 43.1 Å². The molecule has 0 aromatic heterocycles. The summed E-state index contributed by atoms with van der Waals surface area (Å²) in [5, 5.41) is 0. The average molecular weight is 167 g/mol. The van der Waals surface area contributed by atoms with Crippen LogP contribution < -0.4 is 5.73 Å². The highest BCUT2D eigenvalue weighted by Gasteiger charge is 2.03. The van der Waals surface area contributed by atoms with Gasteiger partial charge in [0.15, 0.2) is 5.78 Å². The van der Waals surface area contributed by atoms with E-state index in [0.29, 0.717) is 11.3 Å². The zero-order chi connectivity index (χ0) is 8.43. The maximum absolute atomic E-state index is 10.9. The minimum absolute atomic E-state index is 0.0293. The number of carbonyl (C=O) groups excluding carboxylic acids is 1. The first-order valence-electron chi connectivity index (χ1n) is 3.20. The molecule has 0 unspecified atom stereocenters. The average Bonchev–Trinajstić information content (AvgIpc) is 1.94. The predicted molar refractivity (Wildman–Crippen MR) is 48.1 cm³/mol. The van der Waals surface area contributed by atoms with E-state index in [9.17, 15) is 4.79 Å². The molecule has 0 saturated carbocycles. The van der Waals surface area contributed by atoms with Gasteiger partial charge in [-0.3, -0.25) is 4.79 Å². The fraction of sp³-hybridized carbons (Fsp3) is 0.125. The van der Waals surface area contributed by atoms with Gasteiger partial charge in [0.05, 0.1) is 0 Å². The highest BCUT2D eigenvalue weighted by atomic mass is 32.1. The van der Waals surface area contributed by atoms with Crippen molar-refractivity contribution in [3.8, 4) is 0 Å². The molecule has 2 N–H and O–H groups in total. The number of carbonyl (C=O) groups is 1. The second-order valence-corrected chi connectivity index (χ2v) is 2.84. The molecule has 0 aliphatic rings. The summed E-state index contributed by atoms with van der Waals surface area (Å²) in [6.07, 6.45) is 0. The van der Waals surface area contributed by atoms with Crippen LogP contribution in [0, 0.1) is 0 Å². The van der Waals surface area contributed by atoms with Gasteiger partial charge in [-0.15, -0.1) is 12.6 Å². The van der Waals surface area contributed by atoms with E-state index in [2.05, 4.69) is 12.6 Å². The fourth-order valence-electron chi connectivity index (χ4n) is 0.849. The third-order valence-corrected chi connectivity index (χ3v) is 1.69. The van der Waals surface area contributed by atoms with Crippen molar-refractivity contribution in [3.05, 3.63) is 23.8 Å². The molecule has 0 atom stereocenters. The number of rotatable bonds is 1. The van der Waals surface area contributed by atoms with Gasteiger partial charge in [-0.1, -0.05) is 0 Å². The number of ketones is 1. The second kappa shape index (κ2) is 2.96. The summed E-state index contributed by atoms with van der Waals surface area (Å²) in [6, 6.07) is 5.10. The predicted octanol–water partition coefficient (Wildman–Crippen LogP) is 1.76. The quantitative estimate of drug-likeness (QED) is 0.380. The van der Waals surface area contributed by atoms with Crippen molar-refractivity contribution >= 4 is 24.1 Å². The Bertz CT molecular complexity index is 296. The van der Waals surface area contributed by atoms with Crippen molar-refractivity contribution in [1.82, 2.24) is 0 Å². The zero-order valence-corrected chi connectivity index (χ0v) is 7.06. The van der Waals surface area contributed by atoms with Crippen LogP contribution in [0.2, 0.25) is 0 Å². The third-order valence-electron chi connectivity index (χ3n) is 1.42. The van der Waals surface area contributed by atoms with Gasteiger partial charge in [-0.05, 0) is 25.1 Å². The molecule has 0 saturated heterocycles. The normalized spacial score (nSPS) is 9.64. The molecule has 2 nitrogen and oxygen atoms in total. The minimum atomic E-state index is -0.0293. The summed E-state index contributed by atoms with van der Waals surface area (Å²) in [5.74, 6) is -0.0293.